The minimum Gasteiger partial charge on any atom is -0.481 e. The molecule has 31 heavy (non-hydrogen) atoms. The van der Waals surface area contributed by atoms with E-state index in [1.165, 1.54) is 19.3 Å². The molecule has 2 heterocycles. The van der Waals surface area contributed by atoms with Gasteiger partial charge in [-0.15, -0.1) is 11.8 Å². The average Bonchev–Trinajstić information content (AvgIpc) is 2.78. The van der Waals surface area contributed by atoms with E-state index >= 15 is 0 Å². The Kier molecular flexibility index (Phi) is 8.25. The van der Waals surface area contributed by atoms with E-state index in [2.05, 4.69) is 17.1 Å². The van der Waals surface area contributed by atoms with Gasteiger partial charge < -0.3 is 15.3 Å². The molecule has 6 nitrogen and oxygen atoms in total. The van der Waals surface area contributed by atoms with Crippen molar-refractivity contribution in [2.45, 2.75) is 83.2 Å². The lowest BCUT2D eigenvalue weighted by Gasteiger charge is -2.38. The Morgan fingerprint density at radius 2 is 1.84 bits per heavy atom. The second-order valence-electron chi connectivity index (χ2n) is 9.47. The number of piperidine rings is 1. The molecule has 1 amide bonds. The van der Waals surface area contributed by atoms with E-state index in [1.54, 1.807) is 11.8 Å². The average molecular weight is 448 g/mol. The highest BCUT2D eigenvalue weighted by Gasteiger charge is 2.38. The minimum atomic E-state index is -0.726. The number of carbonyl (C=O) groups is 2. The van der Waals surface area contributed by atoms with Gasteiger partial charge in [0.25, 0.3) is 5.91 Å². The van der Waals surface area contributed by atoms with Gasteiger partial charge >= 0.3 is 5.97 Å². The molecule has 2 N–H and O–H groups in total. The normalized spacial score (nSPS) is 18.7. The number of aliphatic carboxylic acids is 1. The largest absolute Gasteiger partial charge is 0.481 e. The van der Waals surface area contributed by atoms with Gasteiger partial charge in [-0.25, -0.2) is 4.98 Å². The number of hydrogen-bond donors (Lipinski definition) is 2. The first-order chi connectivity index (χ1) is 14.8. The summed E-state index contributed by atoms with van der Waals surface area (Å²) in [5.74, 6) is 1.24. The third-order valence-corrected chi connectivity index (χ3v) is 8.06. The molecular formula is C24H37N3O3S. The monoisotopic (exact) mass is 447 g/mol. The summed E-state index contributed by atoms with van der Waals surface area (Å²) in [4.78, 5) is 31.7. The van der Waals surface area contributed by atoms with Crippen LogP contribution in [0.2, 0.25) is 0 Å². The van der Waals surface area contributed by atoms with Crippen molar-refractivity contribution in [2.75, 3.05) is 23.7 Å². The van der Waals surface area contributed by atoms with Crippen LogP contribution >= 0.6 is 11.8 Å². The van der Waals surface area contributed by atoms with Crippen molar-refractivity contribution in [3.8, 4) is 0 Å². The number of aromatic nitrogens is 1. The second kappa shape index (κ2) is 10.7. The number of carboxylic acid groups (broad SMARTS) is 1. The van der Waals surface area contributed by atoms with Crippen LogP contribution in [0.25, 0.3) is 0 Å². The van der Waals surface area contributed by atoms with Crippen LogP contribution < -0.4 is 10.2 Å². The van der Waals surface area contributed by atoms with Gasteiger partial charge in [0.1, 0.15) is 10.8 Å². The Labute approximate surface area is 190 Å². The quantitative estimate of drug-likeness (QED) is 0.547. The fourth-order valence-electron chi connectivity index (χ4n) is 4.60. The number of rotatable bonds is 8. The van der Waals surface area contributed by atoms with Crippen molar-refractivity contribution in [1.29, 1.82) is 0 Å². The number of nitrogens with zero attached hydrogens (tertiary/aromatic N) is 2. The maximum Gasteiger partial charge on any atom is 0.309 e. The summed E-state index contributed by atoms with van der Waals surface area (Å²) < 4.78 is 0. The lowest BCUT2D eigenvalue weighted by molar-refractivity contribution is -0.150. The van der Waals surface area contributed by atoms with E-state index < -0.39 is 11.4 Å². The van der Waals surface area contributed by atoms with Crippen LogP contribution in [0.1, 0.15) is 82.5 Å². The van der Waals surface area contributed by atoms with Crippen molar-refractivity contribution < 1.29 is 14.7 Å². The van der Waals surface area contributed by atoms with Crippen molar-refractivity contribution in [1.82, 2.24) is 10.3 Å². The molecule has 0 aromatic carbocycles. The summed E-state index contributed by atoms with van der Waals surface area (Å²) >= 11 is 1.65. The predicted molar refractivity (Wildman–Crippen MR) is 126 cm³/mol. The van der Waals surface area contributed by atoms with Crippen LogP contribution in [0, 0.1) is 11.3 Å². The molecule has 2 fully saturated rings. The highest BCUT2D eigenvalue weighted by atomic mass is 32.2. The van der Waals surface area contributed by atoms with E-state index in [9.17, 15) is 14.7 Å². The summed E-state index contributed by atoms with van der Waals surface area (Å²) in [6.07, 6.45) is 8.47. The first kappa shape index (κ1) is 23.9. The molecule has 1 aliphatic carbocycles. The number of carboxylic acids is 1. The van der Waals surface area contributed by atoms with Gasteiger partial charge in [0, 0.05) is 19.1 Å². The smallest absolute Gasteiger partial charge is 0.309 e. The first-order valence-electron chi connectivity index (χ1n) is 11.8. The SMILES string of the molecule is CCCSc1nc(N2CCC(C(C)(C)C(=O)O)CC2)ccc1C(=O)NC1CCCCC1. The van der Waals surface area contributed by atoms with Gasteiger partial charge in [0.15, 0.2) is 0 Å². The number of nitrogens with one attached hydrogen (secondary N) is 1. The van der Waals surface area contributed by atoms with Crippen LogP contribution in [0.5, 0.6) is 0 Å². The summed E-state index contributed by atoms with van der Waals surface area (Å²) in [5.41, 5.74) is -0.0300. The van der Waals surface area contributed by atoms with Gasteiger partial charge in [0.05, 0.1) is 11.0 Å². The highest BCUT2D eigenvalue weighted by Crippen LogP contribution is 2.36. The molecule has 3 rings (SSSR count). The molecule has 0 bridgehead atoms. The fourth-order valence-corrected chi connectivity index (χ4v) is 5.48. The van der Waals surface area contributed by atoms with Crippen molar-refractivity contribution >= 4 is 29.5 Å². The van der Waals surface area contributed by atoms with Crippen LogP contribution in [0.4, 0.5) is 5.82 Å². The number of pyridine rings is 1. The zero-order valence-electron chi connectivity index (χ0n) is 19.2. The molecule has 2 aliphatic rings. The number of hydrogen-bond acceptors (Lipinski definition) is 5. The predicted octanol–water partition coefficient (Wildman–Crippen LogP) is 4.97. The van der Waals surface area contributed by atoms with Crippen LogP contribution in [-0.2, 0) is 4.79 Å². The molecule has 0 radical (unpaired) electrons. The maximum absolute atomic E-state index is 13.0. The number of thioether (sulfide) groups is 1. The number of carbonyl (C=O) groups excluding carboxylic acids is 1. The summed E-state index contributed by atoms with van der Waals surface area (Å²) in [7, 11) is 0. The number of anilines is 1. The molecular weight excluding hydrogens is 410 g/mol. The molecule has 0 atom stereocenters. The molecule has 172 valence electrons. The van der Waals surface area contributed by atoms with Crippen LogP contribution in [0.3, 0.4) is 0 Å². The Balaban J connectivity index is 1.70. The van der Waals surface area contributed by atoms with Crippen molar-refractivity contribution in [3.63, 3.8) is 0 Å². The Hall–Kier alpha value is -1.76. The lowest BCUT2D eigenvalue weighted by atomic mass is 9.74. The lowest BCUT2D eigenvalue weighted by Crippen LogP contribution is -2.42. The third-order valence-electron chi connectivity index (χ3n) is 6.86. The summed E-state index contributed by atoms with van der Waals surface area (Å²) in [5, 5.41) is 13.6. The topological polar surface area (TPSA) is 82.5 Å². The molecule has 0 unspecified atom stereocenters. The molecule has 1 saturated carbocycles. The van der Waals surface area contributed by atoms with E-state index in [4.69, 9.17) is 4.98 Å². The van der Waals surface area contributed by atoms with E-state index in [1.807, 2.05) is 26.0 Å². The fraction of sp³-hybridized carbons (Fsp3) is 0.708. The second-order valence-corrected chi connectivity index (χ2v) is 10.6. The van der Waals surface area contributed by atoms with Crippen LogP contribution in [0.15, 0.2) is 17.2 Å². The summed E-state index contributed by atoms with van der Waals surface area (Å²) in [6, 6.07) is 4.15. The Bertz CT molecular complexity index is 769. The molecule has 0 spiro atoms. The zero-order valence-corrected chi connectivity index (χ0v) is 20.0. The molecule has 1 aromatic rings. The third kappa shape index (κ3) is 5.93. The van der Waals surface area contributed by atoms with Crippen molar-refractivity contribution in [2.24, 2.45) is 11.3 Å². The van der Waals surface area contributed by atoms with Gasteiger partial charge in [-0.3, -0.25) is 9.59 Å². The van der Waals surface area contributed by atoms with E-state index in [-0.39, 0.29) is 17.9 Å². The number of amides is 1. The van der Waals surface area contributed by atoms with Gasteiger partial charge in [-0.05, 0) is 69.8 Å². The van der Waals surface area contributed by atoms with Gasteiger partial charge in [-0.1, -0.05) is 26.2 Å². The molecule has 1 aliphatic heterocycles. The zero-order chi connectivity index (χ0) is 22.4. The van der Waals surface area contributed by atoms with Crippen molar-refractivity contribution in [3.05, 3.63) is 17.7 Å². The van der Waals surface area contributed by atoms with E-state index in [0.29, 0.717) is 5.56 Å². The standard InChI is InChI=1S/C24H37N3O3S/c1-4-16-31-22-19(21(28)25-18-8-6-5-7-9-18)10-11-20(26-22)27-14-12-17(13-15-27)24(2,3)23(29)30/h10-11,17-18H,4-9,12-16H2,1-3H3,(H,25,28)(H,29,30). The minimum absolute atomic E-state index is 0.00790. The van der Waals surface area contributed by atoms with Gasteiger partial charge in [0.2, 0.25) is 0 Å². The highest BCUT2D eigenvalue weighted by molar-refractivity contribution is 7.99. The Morgan fingerprint density at radius 1 is 1.16 bits per heavy atom. The molecule has 1 saturated heterocycles. The molecule has 7 heteroatoms. The Morgan fingerprint density at radius 3 is 2.45 bits per heavy atom. The van der Waals surface area contributed by atoms with E-state index in [0.717, 1.165) is 61.8 Å². The summed E-state index contributed by atoms with van der Waals surface area (Å²) in [6.45, 7) is 7.37. The first-order valence-corrected chi connectivity index (χ1v) is 12.7. The molecule has 1 aromatic heterocycles. The van der Waals surface area contributed by atoms with Gasteiger partial charge in [-0.2, -0.15) is 0 Å². The maximum atomic E-state index is 13.0. The van der Waals surface area contributed by atoms with Crippen LogP contribution in [-0.4, -0.2) is 46.9 Å².